The van der Waals surface area contributed by atoms with E-state index in [1.807, 2.05) is 23.1 Å². The van der Waals surface area contributed by atoms with Crippen molar-refractivity contribution in [3.63, 3.8) is 0 Å². The van der Waals surface area contributed by atoms with Gasteiger partial charge in [0.05, 0.1) is 7.11 Å². The number of methoxy groups -OCH3 is 1. The van der Waals surface area contributed by atoms with Crippen LogP contribution in [0.1, 0.15) is 45.5 Å². The number of ether oxygens (including phenoxy) is 1. The Labute approximate surface area is 171 Å². The average Bonchev–Trinajstić information content (AvgIpc) is 3.08. The third kappa shape index (κ3) is 5.22. The second-order valence-electron chi connectivity index (χ2n) is 8.64. The van der Waals surface area contributed by atoms with Gasteiger partial charge in [-0.15, -0.1) is 0 Å². The van der Waals surface area contributed by atoms with Gasteiger partial charge in [-0.2, -0.15) is 4.37 Å². The quantitative estimate of drug-likeness (QED) is 0.765. The van der Waals surface area contributed by atoms with Crippen molar-refractivity contribution in [3.05, 3.63) is 35.7 Å². The number of nitrogens with zero attached hydrogens (tertiary/aromatic N) is 4. The SMILES string of the molecule is COc1cccc(Cc2nsc(N3CCN(C(=O)CC(C)(C)C)[C@H](C)C3)n2)c1. The van der Waals surface area contributed by atoms with Gasteiger partial charge in [-0.3, -0.25) is 4.79 Å². The second-order valence-corrected chi connectivity index (χ2v) is 9.37. The number of rotatable bonds is 5. The Balaban J connectivity index is 1.61. The summed E-state index contributed by atoms with van der Waals surface area (Å²) in [5.41, 5.74) is 1.15. The van der Waals surface area contributed by atoms with Crippen molar-refractivity contribution >= 4 is 22.6 Å². The molecule has 0 N–H and O–H groups in total. The van der Waals surface area contributed by atoms with Crippen LogP contribution in [0.15, 0.2) is 24.3 Å². The smallest absolute Gasteiger partial charge is 0.223 e. The van der Waals surface area contributed by atoms with Crippen molar-refractivity contribution in [3.8, 4) is 5.75 Å². The molecule has 1 atom stereocenters. The van der Waals surface area contributed by atoms with Crippen LogP contribution >= 0.6 is 11.5 Å². The van der Waals surface area contributed by atoms with Gasteiger partial charge in [-0.25, -0.2) is 4.98 Å². The molecule has 0 spiro atoms. The van der Waals surface area contributed by atoms with E-state index in [0.717, 1.165) is 41.9 Å². The van der Waals surface area contributed by atoms with Crippen LogP contribution in [0.3, 0.4) is 0 Å². The maximum absolute atomic E-state index is 12.6. The van der Waals surface area contributed by atoms with Crippen molar-refractivity contribution in [1.29, 1.82) is 0 Å². The molecule has 0 saturated carbocycles. The first-order chi connectivity index (χ1) is 13.2. The molecule has 1 amide bonds. The van der Waals surface area contributed by atoms with Crippen LogP contribution in [-0.4, -0.2) is 53.0 Å². The first-order valence-corrected chi connectivity index (χ1v) is 10.5. The van der Waals surface area contributed by atoms with E-state index >= 15 is 0 Å². The summed E-state index contributed by atoms with van der Waals surface area (Å²) >= 11 is 1.44. The van der Waals surface area contributed by atoms with Gasteiger partial charge in [-0.05, 0) is 30.0 Å². The predicted molar refractivity (Wildman–Crippen MR) is 113 cm³/mol. The summed E-state index contributed by atoms with van der Waals surface area (Å²) in [6.45, 7) is 10.8. The maximum atomic E-state index is 12.6. The van der Waals surface area contributed by atoms with Gasteiger partial charge < -0.3 is 14.5 Å². The van der Waals surface area contributed by atoms with E-state index in [9.17, 15) is 4.79 Å². The fraction of sp³-hybridized carbons (Fsp3) is 0.571. The van der Waals surface area contributed by atoms with Gasteiger partial charge in [-0.1, -0.05) is 32.9 Å². The first-order valence-electron chi connectivity index (χ1n) is 9.75. The van der Waals surface area contributed by atoms with Crippen molar-refractivity contribution < 1.29 is 9.53 Å². The molecule has 1 aliphatic rings. The summed E-state index contributed by atoms with van der Waals surface area (Å²) in [6, 6.07) is 8.17. The Morgan fingerprint density at radius 1 is 1.32 bits per heavy atom. The molecule has 0 unspecified atom stereocenters. The summed E-state index contributed by atoms with van der Waals surface area (Å²) in [4.78, 5) is 21.6. The highest BCUT2D eigenvalue weighted by molar-refractivity contribution is 7.09. The zero-order valence-corrected chi connectivity index (χ0v) is 18.3. The molecule has 2 aromatic rings. The lowest BCUT2D eigenvalue weighted by Crippen LogP contribution is -2.54. The monoisotopic (exact) mass is 402 g/mol. The number of anilines is 1. The number of hydrogen-bond acceptors (Lipinski definition) is 6. The highest BCUT2D eigenvalue weighted by Crippen LogP contribution is 2.25. The molecular formula is C21H30N4O2S. The Kier molecular flexibility index (Phi) is 6.23. The highest BCUT2D eigenvalue weighted by atomic mass is 32.1. The van der Waals surface area contributed by atoms with Crippen molar-refractivity contribution in [2.24, 2.45) is 5.41 Å². The Morgan fingerprint density at radius 2 is 2.11 bits per heavy atom. The minimum Gasteiger partial charge on any atom is -0.497 e. The van der Waals surface area contributed by atoms with Gasteiger partial charge in [0.2, 0.25) is 11.0 Å². The lowest BCUT2D eigenvalue weighted by molar-refractivity contribution is -0.135. The molecule has 1 aromatic carbocycles. The number of hydrogen-bond donors (Lipinski definition) is 0. The first kappa shape index (κ1) is 20.6. The minimum absolute atomic E-state index is 0.0161. The number of carbonyl (C=O) groups excluding carboxylic acids is 1. The van der Waals surface area contributed by atoms with E-state index < -0.39 is 0 Å². The van der Waals surface area contributed by atoms with Gasteiger partial charge in [0, 0.05) is 50.1 Å². The maximum Gasteiger partial charge on any atom is 0.223 e. The summed E-state index contributed by atoms with van der Waals surface area (Å²) < 4.78 is 9.82. The van der Waals surface area contributed by atoms with E-state index in [2.05, 4.69) is 43.0 Å². The molecule has 6 nitrogen and oxygen atoms in total. The Hall–Kier alpha value is -2.15. The Morgan fingerprint density at radius 3 is 2.79 bits per heavy atom. The van der Waals surface area contributed by atoms with E-state index in [-0.39, 0.29) is 17.4 Å². The minimum atomic E-state index is 0.0161. The van der Waals surface area contributed by atoms with Crippen LogP contribution < -0.4 is 9.64 Å². The predicted octanol–water partition coefficient (Wildman–Crippen LogP) is 3.61. The molecule has 152 valence electrons. The topological polar surface area (TPSA) is 58.6 Å². The van der Waals surface area contributed by atoms with Crippen LogP contribution in [0.25, 0.3) is 0 Å². The molecular weight excluding hydrogens is 372 g/mol. The third-order valence-corrected chi connectivity index (χ3v) is 5.67. The lowest BCUT2D eigenvalue weighted by atomic mass is 9.91. The number of piperazine rings is 1. The molecule has 1 saturated heterocycles. The highest BCUT2D eigenvalue weighted by Gasteiger charge is 2.30. The molecule has 1 aliphatic heterocycles. The van der Waals surface area contributed by atoms with Crippen molar-refractivity contribution in [2.75, 3.05) is 31.6 Å². The van der Waals surface area contributed by atoms with Gasteiger partial charge in [0.15, 0.2) is 0 Å². The number of benzene rings is 1. The zero-order chi connectivity index (χ0) is 20.3. The molecule has 2 heterocycles. The molecule has 1 fully saturated rings. The summed E-state index contributed by atoms with van der Waals surface area (Å²) in [7, 11) is 1.67. The third-order valence-electron chi connectivity index (χ3n) is 4.85. The summed E-state index contributed by atoms with van der Waals surface area (Å²) in [5, 5.41) is 0.938. The summed E-state index contributed by atoms with van der Waals surface area (Å²) in [5.74, 6) is 1.92. The van der Waals surface area contributed by atoms with E-state index in [1.165, 1.54) is 11.5 Å². The summed E-state index contributed by atoms with van der Waals surface area (Å²) in [6.07, 6.45) is 1.27. The normalized spacial score (nSPS) is 17.7. The van der Waals surface area contributed by atoms with E-state index in [0.29, 0.717) is 12.8 Å². The fourth-order valence-electron chi connectivity index (χ4n) is 3.47. The van der Waals surface area contributed by atoms with Crippen LogP contribution in [0.2, 0.25) is 0 Å². The molecule has 0 bridgehead atoms. The van der Waals surface area contributed by atoms with Crippen LogP contribution in [0.5, 0.6) is 5.75 Å². The zero-order valence-electron chi connectivity index (χ0n) is 17.4. The second kappa shape index (κ2) is 8.47. The van der Waals surface area contributed by atoms with Crippen LogP contribution in [0.4, 0.5) is 5.13 Å². The molecule has 28 heavy (non-hydrogen) atoms. The van der Waals surface area contributed by atoms with E-state index in [4.69, 9.17) is 9.72 Å². The van der Waals surface area contributed by atoms with Crippen LogP contribution in [-0.2, 0) is 11.2 Å². The van der Waals surface area contributed by atoms with Crippen LogP contribution in [0, 0.1) is 5.41 Å². The lowest BCUT2D eigenvalue weighted by Gasteiger charge is -2.40. The largest absolute Gasteiger partial charge is 0.497 e. The molecule has 1 aromatic heterocycles. The average molecular weight is 403 g/mol. The van der Waals surface area contributed by atoms with E-state index in [1.54, 1.807) is 7.11 Å². The number of amides is 1. The number of carbonyl (C=O) groups is 1. The van der Waals surface area contributed by atoms with Gasteiger partial charge >= 0.3 is 0 Å². The van der Waals surface area contributed by atoms with Gasteiger partial charge in [0.1, 0.15) is 11.6 Å². The van der Waals surface area contributed by atoms with Crippen molar-refractivity contribution in [1.82, 2.24) is 14.3 Å². The standard InChI is InChI=1S/C21H30N4O2S/c1-15-14-24(9-10-25(15)19(26)13-21(2,3)4)20-22-18(23-28-20)12-16-7-6-8-17(11-16)27-5/h6-8,11,15H,9-10,12-14H2,1-5H3/t15-/m1/s1. The molecule has 0 aliphatic carbocycles. The fourth-order valence-corrected chi connectivity index (χ4v) is 4.19. The Bertz CT molecular complexity index is 815. The molecule has 3 rings (SSSR count). The molecule has 0 radical (unpaired) electrons. The molecule has 7 heteroatoms. The van der Waals surface area contributed by atoms with Crippen molar-refractivity contribution in [2.45, 2.75) is 46.6 Å². The van der Waals surface area contributed by atoms with Gasteiger partial charge in [0.25, 0.3) is 0 Å². The number of aromatic nitrogens is 2.